The van der Waals surface area contributed by atoms with Crippen LogP contribution in [0.2, 0.25) is 0 Å². The number of hydrogen-bond donors (Lipinski definition) is 0. The molecule has 1 aromatic rings. The van der Waals surface area contributed by atoms with Crippen molar-refractivity contribution in [3.63, 3.8) is 0 Å². The number of thiazole rings is 1. The van der Waals surface area contributed by atoms with Gasteiger partial charge in [0, 0.05) is 11.1 Å². The quantitative estimate of drug-likeness (QED) is 0.499. The zero-order valence-corrected chi connectivity index (χ0v) is 7.18. The van der Waals surface area contributed by atoms with Crippen molar-refractivity contribution in [1.82, 2.24) is 4.98 Å². The van der Waals surface area contributed by atoms with Gasteiger partial charge in [-0.25, -0.2) is 9.78 Å². The third-order valence-electron chi connectivity index (χ3n) is 1.30. The normalized spacial score (nSPS) is 12.2. The molecule has 1 atom stereocenters. The van der Waals surface area contributed by atoms with Crippen molar-refractivity contribution < 1.29 is 4.79 Å². The van der Waals surface area contributed by atoms with E-state index in [9.17, 15) is 4.79 Å². The summed E-state index contributed by atoms with van der Waals surface area (Å²) in [6, 6.07) is -0.0984. The molecule has 0 N–H and O–H groups in total. The molecule has 1 rings (SSSR count). The predicted molar refractivity (Wildman–Crippen MR) is 43.4 cm³/mol. The minimum Gasteiger partial charge on any atom is -0.250 e. The van der Waals surface area contributed by atoms with Gasteiger partial charge in [-0.15, -0.1) is 11.3 Å². The second-order valence-corrected chi connectivity index (χ2v) is 3.44. The molecule has 4 heteroatoms. The number of isocyanates is 1. The third kappa shape index (κ3) is 1.97. The van der Waals surface area contributed by atoms with Crippen LogP contribution in [0.5, 0.6) is 0 Å². The molecule has 0 saturated carbocycles. The molecule has 0 amide bonds. The van der Waals surface area contributed by atoms with Crippen molar-refractivity contribution in [2.45, 2.75) is 19.9 Å². The summed E-state index contributed by atoms with van der Waals surface area (Å²) >= 11 is 1.55. The van der Waals surface area contributed by atoms with Crippen molar-refractivity contribution in [3.05, 3.63) is 16.1 Å². The van der Waals surface area contributed by atoms with Crippen molar-refractivity contribution in [3.8, 4) is 0 Å². The minimum absolute atomic E-state index is 0.0984. The van der Waals surface area contributed by atoms with E-state index in [1.165, 1.54) is 6.08 Å². The van der Waals surface area contributed by atoms with E-state index in [-0.39, 0.29) is 6.04 Å². The first-order valence-corrected chi connectivity index (χ1v) is 4.05. The number of nitrogens with zero attached hydrogens (tertiary/aromatic N) is 2. The van der Waals surface area contributed by atoms with Crippen LogP contribution in [0, 0.1) is 6.92 Å². The summed E-state index contributed by atoms with van der Waals surface area (Å²) in [7, 11) is 0. The Morgan fingerprint density at radius 3 is 3.00 bits per heavy atom. The summed E-state index contributed by atoms with van der Waals surface area (Å²) in [6.45, 7) is 3.77. The summed E-state index contributed by atoms with van der Waals surface area (Å²) in [5.74, 6) is 0. The monoisotopic (exact) mass is 168 g/mol. The maximum atomic E-state index is 9.89. The molecular formula is C7H8N2OS. The van der Waals surface area contributed by atoms with E-state index in [1.54, 1.807) is 17.5 Å². The van der Waals surface area contributed by atoms with Gasteiger partial charge in [0.15, 0.2) is 0 Å². The van der Waals surface area contributed by atoms with Gasteiger partial charge in [0.25, 0.3) is 0 Å². The van der Waals surface area contributed by atoms with Crippen LogP contribution in [0.3, 0.4) is 0 Å². The highest BCUT2D eigenvalue weighted by molar-refractivity contribution is 7.11. The Hall–Kier alpha value is -0.990. The lowest BCUT2D eigenvalue weighted by atomic mass is 10.3. The second kappa shape index (κ2) is 3.42. The number of rotatable bonds is 2. The summed E-state index contributed by atoms with van der Waals surface area (Å²) in [6.07, 6.45) is 3.27. The standard InChI is InChI=1S/C7H8N2OS/c1-5(9-4-10)7-3-8-6(2)11-7/h3,5H,1-2H3. The Balaban J connectivity index is 2.84. The Morgan fingerprint density at radius 1 is 1.82 bits per heavy atom. The molecule has 0 bridgehead atoms. The highest BCUT2D eigenvalue weighted by Gasteiger charge is 2.05. The molecule has 0 aliphatic heterocycles. The van der Waals surface area contributed by atoms with Crippen LogP contribution in [0.4, 0.5) is 0 Å². The van der Waals surface area contributed by atoms with Gasteiger partial charge in [-0.1, -0.05) is 0 Å². The molecule has 0 aromatic carbocycles. The smallest absolute Gasteiger partial charge is 0.235 e. The van der Waals surface area contributed by atoms with E-state index in [2.05, 4.69) is 9.98 Å². The lowest BCUT2D eigenvalue weighted by molar-refractivity contribution is 0.560. The summed E-state index contributed by atoms with van der Waals surface area (Å²) in [5.41, 5.74) is 0. The van der Waals surface area contributed by atoms with Gasteiger partial charge in [0.2, 0.25) is 6.08 Å². The van der Waals surface area contributed by atoms with Crippen molar-refractivity contribution in [1.29, 1.82) is 0 Å². The average molecular weight is 168 g/mol. The van der Waals surface area contributed by atoms with Gasteiger partial charge in [-0.3, -0.25) is 0 Å². The van der Waals surface area contributed by atoms with Crippen LogP contribution in [0.25, 0.3) is 0 Å². The van der Waals surface area contributed by atoms with E-state index >= 15 is 0 Å². The van der Waals surface area contributed by atoms with Gasteiger partial charge in [-0.2, -0.15) is 4.99 Å². The molecule has 0 saturated heterocycles. The number of aryl methyl sites for hydroxylation is 1. The maximum Gasteiger partial charge on any atom is 0.235 e. The van der Waals surface area contributed by atoms with E-state index < -0.39 is 0 Å². The van der Waals surface area contributed by atoms with E-state index in [0.717, 1.165) is 9.88 Å². The maximum absolute atomic E-state index is 9.89. The molecule has 0 fully saturated rings. The average Bonchev–Trinajstić information content (AvgIpc) is 2.36. The molecular weight excluding hydrogens is 160 g/mol. The molecule has 3 nitrogen and oxygen atoms in total. The van der Waals surface area contributed by atoms with Crippen molar-refractivity contribution >= 4 is 17.4 Å². The fourth-order valence-electron chi connectivity index (χ4n) is 0.714. The highest BCUT2D eigenvalue weighted by atomic mass is 32.1. The van der Waals surface area contributed by atoms with Crippen LogP contribution >= 0.6 is 11.3 Å². The second-order valence-electron chi connectivity index (χ2n) is 2.18. The van der Waals surface area contributed by atoms with Gasteiger partial charge >= 0.3 is 0 Å². The largest absolute Gasteiger partial charge is 0.250 e. The number of hydrogen-bond acceptors (Lipinski definition) is 4. The van der Waals surface area contributed by atoms with Crippen LogP contribution in [0.1, 0.15) is 22.9 Å². The van der Waals surface area contributed by atoms with Gasteiger partial charge in [0.05, 0.1) is 11.0 Å². The minimum atomic E-state index is -0.0984. The lowest BCUT2D eigenvalue weighted by Gasteiger charge is -1.95. The highest BCUT2D eigenvalue weighted by Crippen LogP contribution is 2.22. The fourth-order valence-corrected chi connectivity index (χ4v) is 1.49. The van der Waals surface area contributed by atoms with Gasteiger partial charge < -0.3 is 0 Å². The molecule has 0 aliphatic rings. The molecule has 11 heavy (non-hydrogen) atoms. The van der Waals surface area contributed by atoms with E-state index in [4.69, 9.17) is 0 Å². The molecule has 1 aromatic heterocycles. The topological polar surface area (TPSA) is 42.3 Å². The SMILES string of the molecule is Cc1ncc(C(C)N=C=O)s1. The van der Waals surface area contributed by atoms with Crippen LogP contribution in [0.15, 0.2) is 11.2 Å². The summed E-state index contributed by atoms with van der Waals surface area (Å²) in [4.78, 5) is 18.5. The Morgan fingerprint density at radius 2 is 2.55 bits per heavy atom. The van der Waals surface area contributed by atoms with E-state index in [0.29, 0.717) is 0 Å². The van der Waals surface area contributed by atoms with Gasteiger partial charge in [0.1, 0.15) is 0 Å². The zero-order valence-electron chi connectivity index (χ0n) is 6.37. The molecule has 0 aliphatic carbocycles. The Kier molecular flexibility index (Phi) is 2.52. The number of aliphatic imine (C=N–C) groups is 1. The molecule has 58 valence electrons. The van der Waals surface area contributed by atoms with Crippen LogP contribution in [-0.2, 0) is 4.79 Å². The number of carbonyl (C=O) groups excluding carboxylic acids is 1. The molecule has 1 unspecified atom stereocenters. The summed E-state index contributed by atoms with van der Waals surface area (Å²) in [5, 5.41) is 0.993. The first kappa shape index (κ1) is 8.11. The Labute approximate surface area is 68.8 Å². The Bertz CT molecular complexity index is 288. The lowest BCUT2D eigenvalue weighted by Crippen LogP contribution is -1.82. The van der Waals surface area contributed by atoms with Gasteiger partial charge in [-0.05, 0) is 13.8 Å². The zero-order chi connectivity index (χ0) is 8.27. The molecule has 0 radical (unpaired) electrons. The van der Waals surface area contributed by atoms with Crippen molar-refractivity contribution in [2.75, 3.05) is 0 Å². The molecule has 0 spiro atoms. The van der Waals surface area contributed by atoms with Crippen LogP contribution in [-0.4, -0.2) is 11.1 Å². The van der Waals surface area contributed by atoms with Crippen molar-refractivity contribution in [2.24, 2.45) is 4.99 Å². The van der Waals surface area contributed by atoms with Crippen LogP contribution < -0.4 is 0 Å². The van der Waals surface area contributed by atoms with E-state index in [1.807, 2.05) is 13.8 Å². The first-order valence-electron chi connectivity index (χ1n) is 3.23. The third-order valence-corrected chi connectivity index (χ3v) is 2.38. The summed E-state index contributed by atoms with van der Waals surface area (Å²) < 4.78 is 0. The predicted octanol–water partition coefficient (Wildman–Crippen LogP) is 1.85. The molecule has 1 heterocycles. The first-order chi connectivity index (χ1) is 5.24. The fraction of sp³-hybridized carbons (Fsp3) is 0.429. The number of aromatic nitrogens is 1.